The van der Waals surface area contributed by atoms with E-state index in [1.165, 1.54) is 0 Å². The van der Waals surface area contributed by atoms with Crippen molar-refractivity contribution >= 4 is 17.6 Å². The van der Waals surface area contributed by atoms with Crippen LogP contribution in [0.1, 0.15) is 19.2 Å². The molecule has 0 aromatic carbocycles. The molecule has 0 fully saturated rings. The maximum atomic E-state index is 10.4. The predicted octanol–water partition coefficient (Wildman–Crippen LogP) is 1.10. The van der Waals surface area contributed by atoms with E-state index < -0.39 is 5.97 Å². The highest BCUT2D eigenvalue weighted by molar-refractivity contribution is 5.72. The summed E-state index contributed by atoms with van der Waals surface area (Å²) in [4.78, 5) is 18.7. The predicted molar refractivity (Wildman–Crippen MR) is 61.7 cm³/mol. The number of carboxylic acid groups (broad SMARTS) is 1. The average Bonchev–Trinajstić information content (AvgIpc) is 2.23. The highest BCUT2D eigenvalue weighted by atomic mass is 16.4. The first kappa shape index (κ1) is 12.2. The van der Waals surface area contributed by atoms with Gasteiger partial charge in [-0.25, -0.2) is 9.97 Å². The number of aryl methyl sites for hydroxylation is 1. The summed E-state index contributed by atoms with van der Waals surface area (Å²) in [6.07, 6.45) is 1.00. The van der Waals surface area contributed by atoms with Crippen LogP contribution in [0.25, 0.3) is 0 Å². The number of hydrogen-bond acceptors (Lipinski definition) is 5. The Hall–Kier alpha value is -1.85. The number of aliphatic carboxylic acids is 1. The SMILES string of the molecule is CCCNc1cc(NCC(=O)O)nc(C)n1. The minimum atomic E-state index is -0.917. The van der Waals surface area contributed by atoms with Crippen molar-refractivity contribution < 1.29 is 9.90 Å². The van der Waals surface area contributed by atoms with Crippen LogP contribution < -0.4 is 10.6 Å². The molecule has 88 valence electrons. The molecule has 0 aliphatic carbocycles. The summed E-state index contributed by atoms with van der Waals surface area (Å²) < 4.78 is 0. The van der Waals surface area contributed by atoms with Gasteiger partial charge in [-0.3, -0.25) is 4.79 Å². The third-order valence-corrected chi connectivity index (χ3v) is 1.81. The monoisotopic (exact) mass is 224 g/mol. The van der Waals surface area contributed by atoms with Crippen LogP contribution >= 0.6 is 0 Å². The summed E-state index contributed by atoms with van der Waals surface area (Å²) in [5.41, 5.74) is 0. The maximum absolute atomic E-state index is 10.4. The summed E-state index contributed by atoms with van der Waals surface area (Å²) in [5.74, 6) is 0.920. The first-order chi connectivity index (χ1) is 7.61. The lowest BCUT2D eigenvalue weighted by Gasteiger charge is -2.08. The Kier molecular flexibility index (Phi) is 4.50. The quantitative estimate of drug-likeness (QED) is 0.670. The van der Waals surface area contributed by atoms with E-state index in [0.717, 1.165) is 13.0 Å². The fraction of sp³-hybridized carbons (Fsp3) is 0.500. The molecule has 1 aromatic rings. The zero-order valence-corrected chi connectivity index (χ0v) is 9.45. The number of hydrogen-bond donors (Lipinski definition) is 3. The Bertz CT molecular complexity index is 368. The van der Waals surface area contributed by atoms with Gasteiger partial charge in [0.2, 0.25) is 0 Å². The number of carbonyl (C=O) groups is 1. The van der Waals surface area contributed by atoms with Gasteiger partial charge in [0.1, 0.15) is 24.0 Å². The van der Waals surface area contributed by atoms with Crippen molar-refractivity contribution in [2.45, 2.75) is 20.3 Å². The van der Waals surface area contributed by atoms with Gasteiger partial charge in [0, 0.05) is 12.6 Å². The highest BCUT2D eigenvalue weighted by Gasteiger charge is 2.02. The molecule has 0 atom stereocenters. The molecule has 0 bridgehead atoms. The normalized spacial score (nSPS) is 9.88. The fourth-order valence-electron chi connectivity index (χ4n) is 1.17. The van der Waals surface area contributed by atoms with Crippen molar-refractivity contribution in [1.29, 1.82) is 0 Å². The second-order valence-electron chi connectivity index (χ2n) is 3.36. The van der Waals surface area contributed by atoms with Crippen LogP contribution in [0.5, 0.6) is 0 Å². The van der Waals surface area contributed by atoms with Crippen molar-refractivity contribution in [1.82, 2.24) is 9.97 Å². The Balaban J connectivity index is 2.69. The smallest absolute Gasteiger partial charge is 0.322 e. The van der Waals surface area contributed by atoms with Crippen LogP contribution in [-0.2, 0) is 4.79 Å². The van der Waals surface area contributed by atoms with E-state index in [2.05, 4.69) is 27.5 Å². The zero-order valence-electron chi connectivity index (χ0n) is 9.45. The van der Waals surface area contributed by atoms with E-state index >= 15 is 0 Å². The number of nitrogens with one attached hydrogen (secondary N) is 2. The van der Waals surface area contributed by atoms with Crippen LogP contribution in [-0.4, -0.2) is 34.1 Å². The minimum Gasteiger partial charge on any atom is -0.480 e. The molecule has 0 aliphatic heterocycles. The van der Waals surface area contributed by atoms with E-state index in [0.29, 0.717) is 17.5 Å². The van der Waals surface area contributed by atoms with Crippen LogP contribution in [0.2, 0.25) is 0 Å². The van der Waals surface area contributed by atoms with Gasteiger partial charge < -0.3 is 15.7 Å². The summed E-state index contributed by atoms with van der Waals surface area (Å²) >= 11 is 0. The van der Waals surface area contributed by atoms with Crippen LogP contribution in [0.4, 0.5) is 11.6 Å². The molecular formula is C10H16N4O2. The Morgan fingerprint density at radius 1 is 1.38 bits per heavy atom. The summed E-state index contributed by atoms with van der Waals surface area (Å²) in [6.45, 7) is 4.51. The molecule has 0 amide bonds. The fourth-order valence-corrected chi connectivity index (χ4v) is 1.17. The molecule has 3 N–H and O–H groups in total. The van der Waals surface area contributed by atoms with Crippen molar-refractivity contribution in [3.63, 3.8) is 0 Å². The van der Waals surface area contributed by atoms with Crippen molar-refractivity contribution in [2.75, 3.05) is 23.7 Å². The van der Waals surface area contributed by atoms with Gasteiger partial charge in [-0.05, 0) is 13.3 Å². The lowest BCUT2D eigenvalue weighted by atomic mass is 10.4. The molecule has 1 aromatic heterocycles. The molecule has 1 rings (SSSR count). The van der Waals surface area contributed by atoms with Crippen LogP contribution in [0.3, 0.4) is 0 Å². The van der Waals surface area contributed by atoms with E-state index in [4.69, 9.17) is 5.11 Å². The van der Waals surface area contributed by atoms with Gasteiger partial charge in [-0.2, -0.15) is 0 Å². The van der Waals surface area contributed by atoms with Gasteiger partial charge >= 0.3 is 5.97 Å². The van der Waals surface area contributed by atoms with E-state index in [1.54, 1.807) is 13.0 Å². The number of anilines is 2. The van der Waals surface area contributed by atoms with Gasteiger partial charge in [-0.15, -0.1) is 0 Å². The van der Waals surface area contributed by atoms with Crippen molar-refractivity contribution in [2.24, 2.45) is 0 Å². The molecule has 6 heteroatoms. The Morgan fingerprint density at radius 2 is 2.00 bits per heavy atom. The highest BCUT2D eigenvalue weighted by Crippen LogP contribution is 2.10. The lowest BCUT2D eigenvalue weighted by Crippen LogP contribution is -2.14. The molecular weight excluding hydrogens is 208 g/mol. The summed E-state index contributed by atoms with van der Waals surface area (Å²) in [7, 11) is 0. The van der Waals surface area contributed by atoms with Gasteiger partial charge in [-0.1, -0.05) is 6.92 Å². The van der Waals surface area contributed by atoms with E-state index in [-0.39, 0.29) is 6.54 Å². The van der Waals surface area contributed by atoms with E-state index in [9.17, 15) is 4.79 Å². The molecule has 0 spiro atoms. The standard InChI is InChI=1S/C10H16N4O2/c1-3-4-11-8-5-9(12-6-10(15)16)14-7(2)13-8/h5H,3-4,6H2,1-2H3,(H,15,16)(H2,11,12,13,14). The molecule has 0 saturated heterocycles. The second-order valence-corrected chi connectivity index (χ2v) is 3.36. The number of nitrogens with zero attached hydrogens (tertiary/aromatic N) is 2. The first-order valence-corrected chi connectivity index (χ1v) is 5.17. The van der Waals surface area contributed by atoms with E-state index in [1.807, 2.05) is 0 Å². The topological polar surface area (TPSA) is 87.1 Å². The van der Waals surface area contributed by atoms with Gasteiger partial charge in [0.05, 0.1) is 0 Å². The zero-order chi connectivity index (χ0) is 12.0. The Labute approximate surface area is 94.1 Å². The van der Waals surface area contributed by atoms with Crippen LogP contribution in [0.15, 0.2) is 6.07 Å². The summed E-state index contributed by atoms with van der Waals surface area (Å²) in [5, 5.41) is 14.4. The third kappa shape index (κ3) is 4.12. The van der Waals surface area contributed by atoms with Crippen LogP contribution in [0, 0.1) is 6.92 Å². The minimum absolute atomic E-state index is 0.149. The molecule has 0 unspecified atom stereocenters. The molecule has 0 saturated carbocycles. The molecule has 16 heavy (non-hydrogen) atoms. The number of aromatic nitrogens is 2. The molecule has 0 radical (unpaired) electrons. The second kappa shape index (κ2) is 5.89. The molecule has 1 heterocycles. The lowest BCUT2D eigenvalue weighted by molar-refractivity contribution is -0.134. The van der Waals surface area contributed by atoms with Gasteiger partial charge in [0.15, 0.2) is 0 Å². The van der Waals surface area contributed by atoms with Crippen molar-refractivity contribution in [3.05, 3.63) is 11.9 Å². The van der Waals surface area contributed by atoms with Gasteiger partial charge in [0.25, 0.3) is 0 Å². The average molecular weight is 224 g/mol. The number of carboxylic acids is 1. The third-order valence-electron chi connectivity index (χ3n) is 1.81. The first-order valence-electron chi connectivity index (χ1n) is 5.17. The van der Waals surface area contributed by atoms with Crippen molar-refractivity contribution in [3.8, 4) is 0 Å². The maximum Gasteiger partial charge on any atom is 0.322 e. The Morgan fingerprint density at radius 3 is 2.56 bits per heavy atom. The largest absolute Gasteiger partial charge is 0.480 e. The molecule has 0 aliphatic rings. The summed E-state index contributed by atoms with van der Waals surface area (Å²) in [6, 6.07) is 1.70. The molecule has 6 nitrogen and oxygen atoms in total. The number of rotatable bonds is 6.